The number of aromatic nitrogens is 2. The first-order valence-electron chi connectivity index (χ1n) is 7.95. The highest BCUT2D eigenvalue weighted by Gasteiger charge is 2.23. The van der Waals surface area contributed by atoms with Crippen LogP contribution in [-0.4, -0.2) is 28.5 Å². The van der Waals surface area contributed by atoms with Crippen LogP contribution in [0.3, 0.4) is 0 Å². The predicted molar refractivity (Wildman–Crippen MR) is 91.1 cm³/mol. The lowest BCUT2D eigenvalue weighted by atomic mass is 10.1. The number of rotatable bonds is 6. The van der Waals surface area contributed by atoms with Gasteiger partial charge in [0.15, 0.2) is 0 Å². The van der Waals surface area contributed by atoms with E-state index in [4.69, 9.17) is 5.73 Å². The Morgan fingerprint density at radius 3 is 2.65 bits per heavy atom. The van der Waals surface area contributed by atoms with Crippen molar-refractivity contribution < 1.29 is 4.79 Å². The quantitative estimate of drug-likeness (QED) is 0.762. The summed E-state index contributed by atoms with van der Waals surface area (Å²) in [4.78, 5) is 20.4. The van der Waals surface area contributed by atoms with E-state index in [0.29, 0.717) is 17.4 Å². The van der Waals surface area contributed by atoms with E-state index in [-0.39, 0.29) is 11.9 Å². The first-order valence-corrected chi connectivity index (χ1v) is 7.95. The van der Waals surface area contributed by atoms with E-state index in [0.717, 1.165) is 37.1 Å². The zero-order chi connectivity index (χ0) is 16.2. The molecule has 0 saturated heterocycles. The predicted octanol–water partition coefficient (Wildman–Crippen LogP) is 2.44. The molecular formula is C17H21N5O. The van der Waals surface area contributed by atoms with Crippen molar-refractivity contribution in [2.24, 2.45) is 0 Å². The van der Waals surface area contributed by atoms with Gasteiger partial charge in [0.05, 0.1) is 5.69 Å². The highest BCUT2D eigenvalue weighted by atomic mass is 16.1. The van der Waals surface area contributed by atoms with Crippen molar-refractivity contribution in [1.82, 2.24) is 15.3 Å². The van der Waals surface area contributed by atoms with Crippen LogP contribution in [0.2, 0.25) is 0 Å². The molecule has 6 nitrogen and oxygen atoms in total. The molecule has 0 atom stereocenters. The zero-order valence-corrected chi connectivity index (χ0v) is 13.2. The normalized spacial score (nSPS) is 13.6. The maximum atomic E-state index is 12.0. The summed E-state index contributed by atoms with van der Waals surface area (Å²) in [5.41, 5.74) is 8.09. The highest BCUT2D eigenvalue weighted by Crippen LogP contribution is 2.22. The lowest BCUT2D eigenvalue weighted by Crippen LogP contribution is -2.25. The Kier molecular flexibility index (Phi) is 4.41. The van der Waals surface area contributed by atoms with Crippen molar-refractivity contribution in [3.63, 3.8) is 0 Å². The Labute approximate surface area is 135 Å². The number of nitrogens with zero attached hydrogens (tertiary/aromatic N) is 2. The van der Waals surface area contributed by atoms with Crippen LogP contribution in [-0.2, 0) is 0 Å². The fraction of sp³-hybridized carbons (Fsp3) is 0.353. The summed E-state index contributed by atoms with van der Waals surface area (Å²) < 4.78 is 0. The summed E-state index contributed by atoms with van der Waals surface area (Å²) in [5.74, 6) is 0.924. The average Bonchev–Trinajstić information content (AvgIpc) is 3.36. The molecule has 23 heavy (non-hydrogen) atoms. The number of hydrogen-bond donors (Lipinski definition) is 3. The van der Waals surface area contributed by atoms with Crippen molar-refractivity contribution in [1.29, 1.82) is 0 Å². The Morgan fingerprint density at radius 1 is 1.26 bits per heavy atom. The van der Waals surface area contributed by atoms with Crippen molar-refractivity contribution in [3.8, 4) is 11.3 Å². The highest BCUT2D eigenvalue weighted by molar-refractivity contribution is 5.95. The van der Waals surface area contributed by atoms with Gasteiger partial charge in [-0.05, 0) is 31.4 Å². The molecule has 0 unspecified atom stereocenters. The molecule has 0 bridgehead atoms. The van der Waals surface area contributed by atoms with E-state index in [2.05, 4.69) is 27.5 Å². The minimum atomic E-state index is -0.0217. The summed E-state index contributed by atoms with van der Waals surface area (Å²) in [6.45, 7) is 2.92. The maximum Gasteiger partial charge on any atom is 0.251 e. The van der Waals surface area contributed by atoms with Crippen molar-refractivity contribution in [2.45, 2.75) is 32.2 Å². The Hall–Kier alpha value is -2.63. The molecule has 3 rings (SSSR count). The number of carbonyl (C=O) groups is 1. The van der Waals surface area contributed by atoms with E-state index < -0.39 is 0 Å². The van der Waals surface area contributed by atoms with E-state index >= 15 is 0 Å². The van der Waals surface area contributed by atoms with E-state index in [1.165, 1.54) is 0 Å². The monoisotopic (exact) mass is 311 g/mol. The van der Waals surface area contributed by atoms with Gasteiger partial charge in [-0.3, -0.25) is 4.79 Å². The number of anilines is 2. The van der Waals surface area contributed by atoms with Gasteiger partial charge in [0.2, 0.25) is 5.95 Å². The second kappa shape index (κ2) is 6.64. The van der Waals surface area contributed by atoms with Gasteiger partial charge in [-0.25, -0.2) is 4.98 Å². The SMILES string of the molecule is CCCNc1cc(-c2ccc(C(=O)NC3CC3)cc2)nc(N)n1. The molecule has 1 aliphatic carbocycles. The maximum absolute atomic E-state index is 12.0. The Bertz CT molecular complexity index is 695. The molecule has 1 aromatic heterocycles. The summed E-state index contributed by atoms with van der Waals surface area (Å²) in [6.07, 6.45) is 3.17. The number of amides is 1. The lowest BCUT2D eigenvalue weighted by molar-refractivity contribution is 0.0951. The molecule has 0 spiro atoms. The number of hydrogen-bond acceptors (Lipinski definition) is 5. The van der Waals surface area contributed by atoms with Crippen LogP contribution in [0.4, 0.5) is 11.8 Å². The van der Waals surface area contributed by atoms with Crippen LogP contribution in [0.15, 0.2) is 30.3 Å². The Morgan fingerprint density at radius 2 is 2.00 bits per heavy atom. The van der Waals surface area contributed by atoms with Crippen LogP contribution in [0.5, 0.6) is 0 Å². The van der Waals surface area contributed by atoms with Gasteiger partial charge in [0, 0.05) is 29.8 Å². The summed E-state index contributed by atoms with van der Waals surface area (Å²) in [6, 6.07) is 9.61. The van der Waals surface area contributed by atoms with Gasteiger partial charge >= 0.3 is 0 Å². The smallest absolute Gasteiger partial charge is 0.251 e. The molecular weight excluding hydrogens is 290 g/mol. The van der Waals surface area contributed by atoms with Crippen molar-refractivity contribution in [2.75, 3.05) is 17.6 Å². The molecule has 1 aromatic carbocycles. The van der Waals surface area contributed by atoms with E-state index in [1.54, 1.807) is 0 Å². The third-order valence-electron chi connectivity index (χ3n) is 3.65. The van der Waals surface area contributed by atoms with Gasteiger partial charge in [0.25, 0.3) is 5.91 Å². The largest absolute Gasteiger partial charge is 0.370 e. The van der Waals surface area contributed by atoms with Crippen LogP contribution >= 0.6 is 0 Å². The number of nitrogens with one attached hydrogen (secondary N) is 2. The van der Waals surface area contributed by atoms with Gasteiger partial charge in [-0.1, -0.05) is 19.1 Å². The van der Waals surface area contributed by atoms with E-state index in [9.17, 15) is 4.79 Å². The molecule has 0 aliphatic heterocycles. The fourth-order valence-corrected chi connectivity index (χ4v) is 2.25. The Balaban J connectivity index is 1.78. The molecule has 1 saturated carbocycles. The summed E-state index contributed by atoms with van der Waals surface area (Å²) in [5, 5.41) is 6.18. The molecule has 1 amide bonds. The second-order valence-electron chi connectivity index (χ2n) is 5.75. The number of nitrogens with two attached hydrogens (primary N) is 1. The van der Waals surface area contributed by atoms with Crippen molar-refractivity contribution >= 4 is 17.7 Å². The second-order valence-corrected chi connectivity index (χ2v) is 5.75. The fourth-order valence-electron chi connectivity index (χ4n) is 2.25. The molecule has 1 heterocycles. The van der Waals surface area contributed by atoms with Crippen LogP contribution in [0.25, 0.3) is 11.3 Å². The van der Waals surface area contributed by atoms with Crippen LogP contribution < -0.4 is 16.4 Å². The first-order chi connectivity index (χ1) is 11.2. The van der Waals surface area contributed by atoms with E-state index in [1.807, 2.05) is 30.3 Å². The first kappa shape index (κ1) is 15.3. The molecule has 1 aliphatic rings. The number of benzene rings is 1. The van der Waals surface area contributed by atoms with Crippen LogP contribution in [0, 0.1) is 0 Å². The zero-order valence-electron chi connectivity index (χ0n) is 13.2. The third-order valence-corrected chi connectivity index (χ3v) is 3.65. The van der Waals surface area contributed by atoms with Crippen molar-refractivity contribution in [3.05, 3.63) is 35.9 Å². The van der Waals surface area contributed by atoms with Gasteiger partial charge < -0.3 is 16.4 Å². The number of carbonyl (C=O) groups excluding carboxylic acids is 1. The van der Waals surface area contributed by atoms with Gasteiger partial charge in [-0.15, -0.1) is 0 Å². The minimum Gasteiger partial charge on any atom is -0.370 e. The summed E-state index contributed by atoms with van der Waals surface area (Å²) in [7, 11) is 0. The standard InChI is InChI=1S/C17H21N5O/c1-2-9-19-15-10-14(21-17(18)22-15)11-3-5-12(6-4-11)16(23)20-13-7-8-13/h3-6,10,13H,2,7-9H2,1H3,(H,20,23)(H3,18,19,21,22). The van der Waals surface area contributed by atoms with Gasteiger partial charge in [-0.2, -0.15) is 4.98 Å². The minimum absolute atomic E-state index is 0.0217. The molecule has 4 N–H and O–H groups in total. The number of nitrogen functional groups attached to an aromatic ring is 1. The summed E-state index contributed by atoms with van der Waals surface area (Å²) >= 11 is 0. The molecule has 120 valence electrons. The topological polar surface area (TPSA) is 92.9 Å². The van der Waals surface area contributed by atoms with Gasteiger partial charge in [0.1, 0.15) is 5.82 Å². The molecule has 6 heteroatoms. The third kappa shape index (κ3) is 3.97. The lowest BCUT2D eigenvalue weighted by Gasteiger charge is -2.08. The van der Waals surface area contributed by atoms with Crippen LogP contribution in [0.1, 0.15) is 36.5 Å². The molecule has 2 aromatic rings. The molecule has 1 fully saturated rings. The molecule has 0 radical (unpaired) electrons. The average molecular weight is 311 g/mol.